The molecule has 4 nitrogen and oxygen atoms in total. The number of carbonyl (C=O) groups is 1. The van der Waals surface area contributed by atoms with E-state index in [-0.39, 0.29) is 11.3 Å². The van der Waals surface area contributed by atoms with Crippen LogP contribution in [-0.2, 0) is 17.7 Å². The quantitative estimate of drug-likeness (QED) is 0.693. The molecule has 138 valence electrons. The first kappa shape index (κ1) is 17.4. The van der Waals surface area contributed by atoms with Gasteiger partial charge in [0.2, 0.25) is 0 Å². The van der Waals surface area contributed by atoms with Crippen molar-refractivity contribution in [2.75, 3.05) is 18.6 Å². The Balaban J connectivity index is 1.83. The van der Waals surface area contributed by atoms with Gasteiger partial charge in [-0.1, -0.05) is 42.0 Å². The molecular weight excluding hydrogens is 338 g/mol. The molecule has 1 aliphatic heterocycles. The number of esters is 1. The van der Waals surface area contributed by atoms with Crippen molar-refractivity contribution in [1.29, 1.82) is 0 Å². The number of hydrogen-bond donors (Lipinski definition) is 1. The summed E-state index contributed by atoms with van der Waals surface area (Å²) in [4.78, 5) is 14.5. The third-order valence-corrected chi connectivity index (χ3v) is 5.33. The van der Waals surface area contributed by atoms with Crippen molar-refractivity contribution in [3.63, 3.8) is 0 Å². The van der Waals surface area contributed by atoms with E-state index in [0.29, 0.717) is 6.54 Å². The number of phenols is 1. The molecule has 0 atom stereocenters. The van der Waals surface area contributed by atoms with Crippen LogP contribution in [0.25, 0.3) is 10.8 Å². The molecule has 0 bridgehead atoms. The second-order valence-electron chi connectivity index (χ2n) is 7.12. The summed E-state index contributed by atoms with van der Waals surface area (Å²) < 4.78 is 4.87. The molecule has 0 unspecified atom stereocenters. The summed E-state index contributed by atoms with van der Waals surface area (Å²) >= 11 is 0. The van der Waals surface area contributed by atoms with Crippen LogP contribution in [-0.4, -0.2) is 24.7 Å². The number of benzene rings is 3. The number of aromatic hydroxyl groups is 1. The maximum atomic E-state index is 12.2. The van der Waals surface area contributed by atoms with Crippen molar-refractivity contribution in [2.24, 2.45) is 0 Å². The van der Waals surface area contributed by atoms with E-state index in [4.69, 9.17) is 4.74 Å². The fourth-order valence-electron chi connectivity index (χ4n) is 4.00. The van der Waals surface area contributed by atoms with Crippen molar-refractivity contribution in [1.82, 2.24) is 0 Å². The number of methoxy groups -OCH3 is 1. The summed E-state index contributed by atoms with van der Waals surface area (Å²) in [7, 11) is 1.33. The highest BCUT2D eigenvalue weighted by molar-refractivity contribution is 6.00. The zero-order valence-electron chi connectivity index (χ0n) is 15.7. The Bertz CT molecular complexity index is 1030. The molecule has 4 heteroatoms. The van der Waals surface area contributed by atoms with Gasteiger partial charge in [0.25, 0.3) is 0 Å². The Kier molecular flexibility index (Phi) is 4.48. The summed E-state index contributed by atoms with van der Waals surface area (Å²) in [6.45, 7) is 3.58. The van der Waals surface area contributed by atoms with E-state index in [0.717, 1.165) is 35.7 Å². The predicted molar refractivity (Wildman–Crippen MR) is 108 cm³/mol. The normalized spacial score (nSPS) is 13.5. The molecule has 0 aliphatic carbocycles. The number of aryl methyl sites for hydroxylation is 2. The van der Waals surface area contributed by atoms with E-state index in [1.807, 2.05) is 24.3 Å². The lowest BCUT2D eigenvalue weighted by atomic mass is 9.96. The predicted octanol–water partition coefficient (Wildman–Crippen LogP) is 4.59. The third-order valence-electron chi connectivity index (χ3n) is 5.33. The molecule has 0 saturated carbocycles. The smallest absolute Gasteiger partial charge is 0.341 e. The van der Waals surface area contributed by atoms with Crippen molar-refractivity contribution in [3.05, 3.63) is 70.8 Å². The van der Waals surface area contributed by atoms with Crippen LogP contribution in [0.5, 0.6) is 5.75 Å². The Morgan fingerprint density at radius 1 is 1.19 bits per heavy atom. The molecule has 1 aliphatic rings. The van der Waals surface area contributed by atoms with Gasteiger partial charge in [0, 0.05) is 24.3 Å². The highest BCUT2D eigenvalue weighted by atomic mass is 16.5. The maximum Gasteiger partial charge on any atom is 0.341 e. The molecule has 0 aromatic heterocycles. The largest absolute Gasteiger partial charge is 0.507 e. The minimum Gasteiger partial charge on any atom is -0.507 e. The van der Waals surface area contributed by atoms with E-state index in [9.17, 15) is 9.90 Å². The SMILES string of the molecule is COC(=O)c1cc2ccccc2c(CN2CCCc3cc(C)ccc32)c1O. The van der Waals surface area contributed by atoms with Crippen LogP contribution in [0.2, 0.25) is 0 Å². The molecule has 4 rings (SSSR count). The highest BCUT2D eigenvalue weighted by Gasteiger charge is 2.23. The summed E-state index contributed by atoms with van der Waals surface area (Å²) in [6.07, 6.45) is 2.15. The first-order chi connectivity index (χ1) is 13.1. The molecular formula is C23H23NO3. The van der Waals surface area contributed by atoms with Crippen molar-refractivity contribution >= 4 is 22.4 Å². The lowest BCUT2D eigenvalue weighted by Crippen LogP contribution is -2.29. The minimum atomic E-state index is -0.519. The van der Waals surface area contributed by atoms with Crippen LogP contribution in [0.4, 0.5) is 5.69 Å². The van der Waals surface area contributed by atoms with Crippen LogP contribution in [0.15, 0.2) is 48.5 Å². The fraction of sp³-hybridized carbons (Fsp3) is 0.261. The number of ether oxygens (including phenoxy) is 1. The Hall–Kier alpha value is -3.01. The third kappa shape index (κ3) is 3.12. The lowest BCUT2D eigenvalue weighted by Gasteiger charge is -2.32. The van der Waals surface area contributed by atoms with Crippen LogP contribution in [0.3, 0.4) is 0 Å². The van der Waals surface area contributed by atoms with Gasteiger partial charge in [-0.25, -0.2) is 4.79 Å². The van der Waals surface area contributed by atoms with Crippen molar-refractivity contribution in [3.8, 4) is 5.75 Å². The summed E-state index contributed by atoms with van der Waals surface area (Å²) in [5, 5.41) is 12.8. The zero-order chi connectivity index (χ0) is 19.0. The average molecular weight is 361 g/mol. The van der Waals surface area contributed by atoms with Gasteiger partial charge >= 0.3 is 5.97 Å². The molecule has 3 aromatic rings. The first-order valence-corrected chi connectivity index (χ1v) is 9.25. The van der Waals surface area contributed by atoms with Gasteiger partial charge in [-0.15, -0.1) is 0 Å². The fourth-order valence-corrected chi connectivity index (χ4v) is 4.00. The molecule has 0 radical (unpaired) electrons. The van der Waals surface area contributed by atoms with E-state index >= 15 is 0 Å². The van der Waals surface area contributed by atoms with Crippen LogP contribution >= 0.6 is 0 Å². The number of fused-ring (bicyclic) bond motifs is 2. The molecule has 27 heavy (non-hydrogen) atoms. The molecule has 0 fully saturated rings. The Morgan fingerprint density at radius 3 is 2.81 bits per heavy atom. The van der Waals surface area contributed by atoms with Crippen molar-refractivity contribution in [2.45, 2.75) is 26.3 Å². The number of hydrogen-bond acceptors (Lipinski definition) is 4. The van der Waals surface area contributed by atoms with Gasteiger partial charge in [-0.3, -0.25) is 0 Å². The Labute approximate surface area is 159 Å². The highest BCUT2D eigenvalue weighted by Crippen LogP contribution is 2.36. The van der Waals surface area contributed by atoms with Gasteiger partial charge in [-0.2, -0.15) is 0 Å². The van der Waals surface area contributed by atoms with Gasteiger partial charge in [0.15, 0.2) is 0 Å². The summed E-state index contributed by atoms with van der Waals surface area (Å²) in [5.74, 6) is -0.506. The van der Waals surface area contributed by atoms with Gasteiger partial charge in [0.05, 0.1) is 7.11 Å². The zero-order valence-corrected chi connectivity index (χ0v) is 15.7. The average Bonchev–Trinajstić information content (AvgIpc) is 2.69. The van der Waals surface area contributed by atoms with Gasteiger partial charge < -0.3 is 14.7 Å². The molecule has 3 aromatic carbocycles. The standard InChI is InChI=1S/C23H23NO3/c1-15-9-10-21-17(12-15)7-5-11-24(21)14-20-18-8-4-3-6-16(18)13-19(22(20)25)23(26)27-2/h3-4,6,8-10,12-13,25H,5,7,11,14H2,1-2H3. The van der Waals surface area contributed by atoms with Gasteiger partial charge in [0.1, 0.15) is 11.3 Å². The summed E-state index contributed by atoms with van der Waals surface area (Å²) in [6, 6.07) is 16.1. The second-order valence-corrected chi connectivity index (χ2v) is 7.12. The number of anilines is 1. The first-order valence-electron chi connectivity index (χ1n) is 9.25. The van der Waals surface area contributed by atoms with E-state index in [1.54, 1.807) is 6.07 Å². The van der Waals surface area contributed by atoms with E-state index in [2.05, 4.69) is 30.0 Å². The molecule has 0 spiro atoms. The Morgan fingerprint density at radius 2 is 2.00 bits per heavy atom. The molecule has 1 heterocycles. The number of nitrogens with zero attached hydrogens (tertiary/aromatic N) is 1. The monoisotopic (exact) mass is 361 g/mol. The topological polar surface area (TPSA) is 49.8 Å². The van der Waals surface area contributed by atoms with Crippen molar-refractivity contribution < 1.29 is 14.6 Å². The van der Waals surface area contributed by atoms with Crippen LogP contribution in [0.1, 0.15) is 33.5 Å². The van der Waals surface area contributed by atoms with Crippen LogP contribution < -0.4 is 4.90 Å². The molecule has 1 N–H and O–H groups in total. The number of phenolic OH excluding ortho intramolecular Hbond substituents is 1. The maximum absolute atomic E-state index is 12.2. The molecule has 0 saturated heterocycles. The van der Waals surface area contributed by atoms with E-state index in [1.165, 1.54) is 23.9 Å². The van der Waals surface area contributed by atoms with E-state index < -0.39 is 5.97 Å². The minimum absolute atomic E-state index is 0.0137. The number of carbonyl (C=O) groups excluding carboxylic acids is 1. The molecule has 0 amide bonds. The van der Waals surface area contributed by atoms with Crippen LogP contribution in [0, 0.1) is 6.92 Å². The summed E-state index contributed by atoms with van der Waals surface area (Å²) in [5.41, 5.74) is 4.79. The lowest BCUT2D eigenvalue weighted by molar-refractivity contribution is 0.0597. The van der Waals surface area contributed by atoms with Gasteiger partial charge in [-0.05, 0) is 48.2 Å². The number of rotatable bonds is 3. The second kappa shape index (κ2) is 6.95.